The van der Waals surface area contributed by atoms with Gasteiger partial charge in [-0.05, 0) is 13.0 Å². The molecule has 1 aromatic carbocycles. The summed E-state index contributed by atoms with van der Waals surface area (Å²) < 4.78 is 10.6. The van der Waals surface area contributed by atoms with Gasteiger partial charge in [-0.25, -0.2) is 0 Å². The first-order chi connectivity index (χ1) is 7.22. The molecule has 1 rings (SSSR count). The van der Waals surface area contributed by atoms with Crippen molar-refractivity contribution in [2.24, 2.45) is 0 Å². The zero-order chi connectivity index (χ0) is 11.3. The van der Waals surface area contributed by atoms with E-state index in [0.717, 1.165) is 11.8 Å². The molecule has 0 N–H and O–H groups in total. The van der Waals surface area contributed by atoms with E-state index < -0.39 is 0 Å². The van der Waals surface area contributed by atoms with Crippen LogP contribution >= 0.6 is 11.6 Å². The van der Waals surface area contributed by atoms with Crippen LogP contribution in [0.3, 0.4) is 0 Å². The van der Waals surface area contributed by atoms with E-state index in [0.29, 0.717) is 23.1 Å². The van der Waals surface area contributed by atoms with Crippen LogP contribution < -0.4 is 9.47 Å². The Morgan fingerprint density at radius 2 is 2.20 bits per heavy atom. The molecule has 0 spiro atoms. The van der Waals surface area contributed by atoms with Gasteiger partial charge in [-0.3, -0.25) is 0 Å². The third-order valence-electron chi connectivity index (χ3n) is 1.91. The number of carbonyl (C=O) groups excluding carboxylic acids is 1. The lowest BCUT2D eigenvalue weighted by Crippen LogP contribution is -2.00. The number of ether oxygens (including phenoxy) is 2. The average molecular weight is 229 g/mol. The molecule has 0 saturated carbocycles. The van der Waals surface area contributed by atoms with Crippen molar-refractivity contribution in [3.8, 4) is 11.5 Å². The molecule has 0 fully saturated rings. The van der Waals surface area contributed by atoms with Crippen molar-refractivity contribution in [2.75, 3.05) is 13.7 Å². The Labute approximate surface area is 93.9 Å². The second-order valence-corrected chi connectivity index (χ2v) is 3.34. The second kappa shape index (κ2) is 5.61. The standard InChI is InChI=1S/C11H13ClO3/c1-3-15-11-8(4-5-13)6-9(12)7-10(11)14-2/h5-7H,3-4H2,1-2H3. The van der Waals surface area contributed by atoms with Gasteiger partial charge in [0.25, 0.3) is 0 Å². The molecule has 0 bridgehead atoms. The van der Waals surface area contributed by atoms with Crippen LogP contribution in [-0.2, 0) is 11.2 Å². The molecule has 0 aliphatic rings. The first-order valence-electron chi connectivity index (χ1n) is 4.65. The van der Waals surface area contributed by atoms with Crippen molar-refractivity contribution < 1.29 is 14.3 Å². The van der Waals surface area contributed by atoms with Crippen LogP contribution in [0.4, 0.5) is 0 Å². The Kier molecular flexibility index (Phi) is 4.43. The quantitative estimate of drug-likeness (QED) is 0.727. The highest BCUT2D eigenvalue weighted by Gasteiger charge is 2.11. The van der Waals surface area contributed by atoms with Crippen molar-refractivity contribution in [2.45, 2.75) is 13.3 Å². The fourth-order valence-electron chi connectivity index (χ4n) is 1.32. The minimum Gasteiger partial charge on any atom is -0.493 e. The van der Waals surface area contributed by atoms with Crippen LogP contribution in [0.1, 0.15) is 12.5 Å². The summed E-state index contributed by atoms with van der Waals surface area (Å²) in [5.41, 5.74) is 0.746. The molecular weight excluding hydrogens is 216 g/mol. The molecule has 0 saturated heterocycles. The van der Waals surface area contributed by atoms with E-state index in [4.69, 9.17) is 21.1 Å². The highest BCUT2D eigenvalue weighted by molar-refractivity contribution is 6.30. The fraction of sp³-hybridized carbons (Fsp3) is 0.364. The van der Waals surface area contributed by atoms with Gasteiger partial charge in [0, 0.05) is 23.1 Å². The Morgan fingerprint density at radius 3 is 2.73 bits per heavy atom. The van der Waals surface area contributed by atoms with E-state index in [-0.39, 0.29) is 6.42 Å². The molecule has 15 heavy (non-hydrogen) atoms. The molecule has 0 aliphatic heterocycles. The molecule has 1 aromatic rings. The minimum absolute atomic E-state index is 0.270. The summed E-state index contributed by atoms with van der Waals surface area (Å²) >= 11 is 5.89. The first-order valence-corrected chi connectivity index (χ1v) is 5.03. The zero-order valence-electron chi connectivity index (χ0n) is 8.75. The average Bonchev–Trinajstić information content (AvgIpc) is 2.22. The number of hydrogen-bond donors (Lipinski definition) is 0. The van der Waals surface area contributed by atoms with Gasteiger partial charge < -0.3 is 14.3 Å². The SMILES string of the molecule is CCOc1c(CC=O)cc(Cl)cc1OC. The van der Waals surface area contributed by atoms with Crippen LogP contribution in [0.2, 0.25) is 5.02 Å². The third-order valence-corrected chi connectivity index (χ3v) is 2.13. The highest BCUT2D eigenvalue weighted by Crippen LogP contribution is 2.34. The molecule has 0 unspecified atom stereocenters. The summed E-state index contributed by atoms with van der Waals surface area (Å²) in [6.45, 7) is 2.39. The number of aldehydes is 1. The fourth-order valence-corrected chi connectivity index (χ4v) is 1.55. The largest absolute Gasteiger partial charge is 0.493 e. The molecule has 0 radical (unpaired) electrons. The van der Waals surface area contributed by atoms with E-state index in [2.05, 4.69) is 0 Å². The highest BCUT2D eigenvalue weighted by atomic mass is 35.5. The topological polar surface area (TPSA) is 35.5 Å². The third kappa shape index (κ3) is 2.86. The number of hydrogen-bond acceptors (Lipinski definition) is 3. The molecule has 82 valence electrons. The van der Waals surface area contributed by atoms with Crippen molar-refractivity contribution >= 4 is 17.9 Å². The van der Waals surface area contributed by atoms with E-state index in [1.54, 1.807) is 19.2 Å². The molecule has 0 amide bonds. The Balaban J connectivity index is 3.19. The summed E-state index contributed by atoms with van der Waals surface area (Å²) in [5, 5.41) is 0.534. The van der Waals surface area contributed by atoms with Crippen molar-refractivity contribution in [3.05, 3.63) is 22.7 Å². The van der Waals surface area contributed by atoms with Crippen LogP contribution in [0, 0.1) is 0 Å². The lowest BCUT2D eigenvalue weighted by molar-refractivity contribution is -0.107. The van der Waals surface area contributed by atoms with Gasteiger partial charge >= 0.3 is 0 Å². The Morgan fingerprint density at radius 1 is 1.47 bits per heavy atom. The van der Waals surface area contributed by atoms with Crippen molar-refractivity contribution in [1.29, 1.82) is 0 Å². The van der Waals surface area contributed by atoms with Crippen LogP contribution in [-0.4, -0.2) is 20.0 Å². The van der Waals surface area contributed by atoms with Gasteiger partial charge in [0.2, 0.25) is 0 Å². The molecular formula is C11H13ClO3. The number of methoxy groups -OCH3 is 1. The predicted molar refractivity (Wildman–Crippen MR) is 58.9 cm³/mol. The van der Waals surface area contributed by atoms with Gasteiger partial charge in [-0.2, -0.15) is 0 Å². The van der Waals surface area contributed by atoms with E-state index in [1.807, 2.05) is 6.92 Å². The normalized spacial score (nSPS) is 9.80. The number of rotatable bonds is 5. The van der Waals surface area contributed by atoms with Crippen LogP contribution in [0.25, 0.3) is 0 Å². The number of halogens is 1. The van der Waals surface area contributed by atoms with Gasteiger partial charge in [0.05, 0.1) is 13.7 Å². The minimum atomic E-state index is 0.270. The summed E-state index contributed by atoms with van der Waals surface area (Å²) in [7, 11) is 1.54. The molecule has 0 aromatic heterocycles. The maximum Gasteiger partial charge on any atom is 0.164 e. The maximum absolute atomic E-state index is 10.5. The monoisotopic (exact) mass is 228 g/mol. The summed E-state index contributed by atoms with van der Waals surface area (Å²) in [6.07, 6.45) is 1.08. The molecule has 4 heteroatoms. The molecule has 0 aliphatic carbocycles. The zero-order valence-corrected chi connectivity index (χ0v) is 9.50. The van der Waals surface area contributed by atoms with Gasteiger partial charge in [-0.15, -0.1) is 0 Å². The Hall–Kier alpha value is -1.22. The maximum atomic E-state index is 10.5. The lowest BCUT2D eigenvalue weighted by atomic mass is 10.1. The number of benzene rings is 1. The van der Waals surface area contributed by atoms with Crippen LogP contribution in [0.5, 0.6) is 11.5 Å². The van der Waals surface area contributed by atoms with Gasteiger partial charge in [-0.1, -0.05) is 11.6 Å². The number of carbonyl (C=O) groups is 1. The van der Waals surface area contributed by atoms with Crippen molar-refractivity contribution in [3.63, 3.8) is 0 Å². The smallest absolute Gasteiger partial charge is 0.164 e. The first kappa shape index (κ1) is 11.9. The van der Waals surface area contributed by atoms with E-state index in [1.165, 1.54) is 0 Å². The van der Waals surface area contributed by atoms with E-state index >= 15 is 0 Å². The molecule has 3 nitrogen and oxygen atoms in total. The van der Waals surface area contributed by atoms with E-state index in [9.17, 15) is 4.79 Å². The lowest BCUT2D eigenvalue weighted by Gasteiger charge is -2.13. The summed E-state index contributed by atoms with van der Waals surface area (Å²) in [4.78, 5) is 10.5. The van der Waals surface area contributed by atoms with Crippen molar-refractivity contribution in [1.82, 2.24) is 0 Å². The second-order valence-electron chi connectivity index (χ2n) is 2.90. The van der Waals surface area contributed by atoms with Gasteiger partial charge in [0.1, 0.15) is 6.29 Å². The van der Waals surface area contributed by atoms with Gasteiger partial charge in [0.15, 0.2) is 11.5 Å². The summed E-state index contributed by atoms with van der Waals surface area (Å²) in [6, 6.07) is 3.38. The predicted octanol–water partition coefficient (Wildman–Crippen LogP) is 2.49. The molecule has 0 heterocycles. The van der Waals surface area contributed by atoms with Crippen LogP contribution in [0.15, 0.2) is 12.1 Å². The summed E-state index contributed by atoms with van der Waals surface area (Å²) in [5.74, 6) is 1.15. The Bertz CT molecular complexity index is 350. The molecule has 0 atom stereocenters.